The van der Waals surface area contributed by atoms with Crippen molar-refractivity contribution in [2.75, 3.05) is 11.9 Å². The number of hydrogen-bond acceptors (Lipinski definition) is 1. The second kappa shape index (κ2) is 7.83. The molecule has 1 heterocycles. The highest BCUT2D eigenvalue weighted by Gasteiger charge is 2.28. The van der Waals surface area contributed by atoms with Crippen LogP contribution in [0.4, 0.5) is 19.3 Å². The number of nitrogens with one attached hydrogen (secondary N) is 1. The molecule has 1 aliphatic rings. The van der Waals surface area contributed by atoms with E-state index in [1.165, 1.54) is 6.07 Å². The van der Waals surface area contributed by atoms with Gasteiger partial charge in [-0.3, -0.25) is 0 Å². The monoisotopic (exact) mass is 364 g/mol. The van der Waals surface area contributed by atoms with E-state index in [1.54, 1.807) is 11.0 Å². The van der Waals surface area contributed by atoms with Crippen LogP contribution in [0.15, 0.2) is 42.5 Å². The summed E-state index contributed by atoms with van der Waals surface area (Å²) in [5.74, 6) is -1.48. The molecule has 0 aliphatic carbocycles. The molecule has 0 bridgehead atoms. The van der Waals surface area contributed by atoms with E-state index in [9.17, 15) is 13.6 Å². The average molecular weight is 365 g/mol. The summed E-state index contributed by atoms with van der Waals surface area (Å²) in [6.45, 7) is 0.560. The van der Waals surface area contributed by atoms with Gasteiger partial charge in [-0.05, 0) is 36.6 Å². The van der Waals surface area contributed by atoms with Gasteiger partial charge in [-0.2, -0.15) is 0 Å². The molecule has 6 heteroatoms. The molecule has 3 nitrogen and oxygen atoms in total. The Morgan fingerprint density at radius 3 is 2.68 bits per heavy atom. The molecular formula is C19H19ClF2N2O. The van der Waals surface area contributed by atoms with E-state index in [1.807, 2.05) is 18.2 Å². The van der Waals surface area contributed by atoms with Gasteiger partial charge in [-0.25, -0.2) is 13.6 Å². The second-order valence-corrected chi connectivity index (χ2v) is 6.54. The lowest BCUT2D eigenvalue weighted by atomic mass is 10.0. The molecule has 1 fully saturated rings. The molecule has 1 atom stereocenters. The Bertz CT molecular complexity index is 769. The van der Waals surface area contributed by atoms with E-state index in [0.717, 1.165) is 43.4 Å². The Morgan fingerprint density at radius 1 is 1.12 bits per heavy atom. The zero-order valence-electron chi connectivity index (χ0n) is 13.6. The largest absolute Gasteiger partial charge is 0.322 e. The van der Waals surface area contributed by atoms with Crippen molar-refractivity contribution in [2.24, 2.45) is 0 Å². The number of carbonyl (C=O) groups excluding carboxylic acids is 1. The van der Waals surface area contributed by atoms with Crippen molar-refractivity contribution in [3.63, 3.8) is 0 Å². The van der Waals surface area contributed by atoms with Gasteiger partial charge >= 0.3 is 6.03 Å². The van der Waals surface area contributed by atoms with Crippen molar-refractivity contribution in [1.82, 2.24) is 4.90 Å². The van der Waals surface area contributed by atoms with Crippen LogP contribution in [0.2, 0.25) is 5.02 Å². The summed E-state index contributed by atoms with van der Waals surface area (Å²) in [5.41, 5.74) is 0.856. The van der Waals surface area contributed by atoms with Gasteiger partial charge in [0.2, 0.25) is 0 Å². The van der Waals surface area contributed by atoms with Crippen LogP contribution in [0.1, 0.15) is 37.3 Å². The standard InChI is InChI=1S/C19H19ClF2N2O/c20-15-7-4-3-6-14(15)18-8-2-1-5-11-24(18)19(25)23-17-10-9-13(21)12-16(17)22/h3-4,6-7,9-10,12,18H,1-2,5,8,11H2,(H,23,25)/t18-/m1/s1. The summed E-state index contributed by atoms with van der Waals surface area (Å²) >= 11 is 6.32. The van der Waals surface area contributed by atoms with E-state index in [0.29, 0.717) is 11.6 Å². The van der Waals surface area contributed by atoms with E-state index < -0.39 is 17.7 Å². The van der Waals surface area contributed by atoms with Crippen molar-refractivity contribution in [3.05, 3.63) is 64.7 Å². The highest BCUT2D eigenvalue weighted by Crippen LogP contribution is 2.34. The lowest BCUT2D eigenvalue weighted by molar-refractivity contribution is 0.189. The molecule has 3 rings (SSSR count). The molecule has 0 spiro atoms. The van der Waals surface area contributed by atoms with Crippen LogP contribution < -0.4 is 5.32 Å². The van der Waals surface area contributed by atoms with Crippen LogP contribution in [0.5, 0.6) is 0 Å². The van der Waals surface area contributed by atoms with Crippen molar-refractivity contribution < 1.29 is 13.6 Å². The minimum Gasteiger partial charge on any atom is -0.317 e. The van der Waals surface area contributed by atoms with E-state index >= 15 is 0 Å². The highest BCUT2D eigenvalue weighted by atomic mass is 35.5. The van der Waals surface area contributed by atoms with Crippen molar-refractivity contribution in [1.29, 1.82) is 0 Å². The number of rotatable bonds is 2. The smallest absolute Gasteiger partial charge is 0.317 e. The summed E-state index contributed by atoms with van der Waals surface area (Å²) in [4.78, 5) is 14.5. The maximum atomic E-state index is 13.8. The summed E-state index contributed by atoms with van der Waals surface area (Å²) < 4.78 is 26.9. The van der Waals surface area contributed by atoms with Crippen LogP contribution in [0.3, 0.4) is 0 Å². The zero-order valence-corrected chi connectivity index (χ0v) is 14.4. The van der Waals surface area contributed by atoms with Gasteiger partial charge in [0, 0.05) is 17.6 Å². The van der Waals surface area contributed by atoms with Gasteiger partial charge in [0.15, 0.2) is 0 Å². The molecule has 25 heavy (non-hydrogen) atoms. The van der Waals surface area contributed by atoms with Crippen LogP contribution in [0, 0.1) is 11.6 Å². The lowest BCUT2D eigenvalue weighted by Crippen LogP contribution is -2.38. The normalized spacial score (nSPS) is 17.9. The fourth-order valence-corrected chi connectivity index (χ4v) is 3.46. The molecule has 2 aromatic carbocycles. The molecular weight excluding hydrogens is 346 g/mol. The Hall–Kier alpha value is -2.14. The highest BCUT2D eigenvalue weighted by molar-refractivity contribution is 6.31. The number of hydrogen-bond donors (Lipinski definition) is 1. The third-order valence-corrected chi connectivity index (χ3v) is 4.79. The van der Waals surface area contributed by atoms with Gasteiger partial charge in [-0.1, -0.05) is 42.6 Å². The number of carbonyl (C=O) groups is 1. The van der Waals surface area contributed by atoms with Crippen molar-refractivity contribution >= 4 is 23.3 Å². The third-order valence-electron chi connectivity index (χ3n) is 4.45. The molecule has 2 aromatic rings. The van der Waals surface area contributed by atoms with Crippen LogP contribution in [-0.2, 0) is 0 Å². The minimum atomic E-state index is -0.794. The van der Waals surface area contributed by atoms with Crippen LogP contribution in [0.25, 0.3) is 0 Å². The lowest BCUT2D eigenvalue weighted by Gasteiger charge is -2.31. The number of halogens is 3. The zero-order chi connectivity index (χ0) is 17.8. The maximum absolute atomic E-state index is 13.8. The number of benzene rings is 2. The first-order valence-electron chi connectivity index (χ1n) is 8.33. The second-order valence-electron chi connectivity index (χ2n) is 6.13. The molecule has 0 radical (unpaired) electrons. The summed E-state index contributed by atoms with van der Waals surface area (Å²) in [6, 6.07) is 9.98. The summed E-state index contributed by atoms with van der Waals surface area (Å²) in [6.07, 6.45) is 3.68. The maximum Gasteiger partial charge on any atom is 0.322 e. The van der Waals surface area contributed by atoms with Crippen LogP contribution in [-0.4, -0.2) is 17.5 Å². The molecule has 1 saturated heterocycles. The van der Waals surface area contributed by atoms with E-state index in [4.69, 9.17) is 11.6 Å². The first-order valence-corrected chi connectivity index (χ1v) is 8.71. The Labute approximate surface area is 150 Å². The summed E-state index contributed by atoms with van der Waals surface area (Å²) in [7, 11) is 0. The number of urea groups is 1. The Morgan fingerprint density at radius 2 is 1.92 bits per heavy atom. The predicted molar refractivity (Wildman–Crippen MR) is 94.7 cm³/mol. The predicted octanol–water partition coefficient (Wildman–Crippen LogP) is 5.77. The first-order chi connectivity index (χ1) is 12.1. The third kappa shape index (κ3) is 4.10. The SMILES string of the molecule is O=C(Nc1ccc(F)cc1F)N1CCCCC[C@@H]1c1ccccc1Cl. The van der Waals surface area contributed by atoms with Crippen LogP contribution >= 0.6 is 11.6 Å². The fraction of sp³-hybridized carbons (Fsp3) is 0.316. The number of likely N-dealkylation sites (tertiary alicyclic amines) is 1. The van der Waals surface area contributed by atoms with E-state index in [2.05, 4.69) is 5.32 Å². The van der Waals surface area contributed by atoms with Crippen molar-refractivity contribution in [2.45, 2.75) is 31.7 Å². The van der Waals surface area contributed by atoms with Gasteiger partial charge in [0.05, 0.1) is 11.7 Å². The number of amides is 2. The molecule has 2 amide bonds. The Balaban J connectivity index is 1.86. The van der Waals surface area contributed by atoms with E-state index in [-0.39, 0.29) is 11.7 Å². The van der Waals surface area contributed by atoms with Gasteiger partial charge in [-0.15, -0.1) is 0 Å². The number of anilines is 1. The summed E-state index contributed by atoms with van der Waals surface area (Å²) in [5, 5.41) is 3.17. The Kier molecular flexibility index (Phi) is 5.53. The quantitative estimate of drug-likeness (QED) is 0.721. The molecule has 0 aromatic heterocycles. The fourth-order valence-electron chi connectivity index (χ4n) is 3.20. The van der Waals surface area contributed by atoms with Gasteiger partial charge in [0.25, 0.3) is 0 Å². The average Bonchev–Trinajstić information content (AvgIpc) is 2.84. The molecule has 132 valence electrons. The molecule has 0 saturated carbocycles. The molecule has 0 unspecified atom stereocenters. The molecule has 1 N–H and O–H groups in total. The van der Waals surface area contributed by atoms with Gasteiger partial charge < -0.3 is 10.2 Å². The van der Waals surface area contributed by atoms with Crippen molar-refractivity contribution in [3.8, 4) is 0 Å². The number of nitrogens with zero attached hydrogens (tertiary/aromatic N) is 1. The van der Waals surface area contributed by atoms with Gasteiger partial charge in [0.1, 0.15) is 11.6 Å². The first kappa shape index (κ1) is 17.7. The topological polar surface area (TPSA) is 32.3 Å². The minimum absolute atomic E-state index is 0.0337. The molecule has 1 aliphatic heterocycles.